The molecular weight excluding hydrogens is 231 g/mol. The van der Waals surface area contributed by atoms with E-state index in [9.17, 15) is 9.18 Å². The van der Waals surface area contributed by atoms with Gasteiger partial charge < -0.3 is 4.90 Å². The van der Waals surface area contributed by atoms with Crippen molar-refractivity contribution in [3.63, 3.8) is 0 Å². The molecule has 4 heteroatoms. The maximum atomic E-state index is 13.9. The molecular formula is C14H15FN2O. The monoisotopic (exact) mass is 246 g/mol. The summed E-state index contributed by atoms with van der Waals surface area (Å²) in [6.07, 6.45) is 3.61. The van der Waals surface area contributed by atoms with Gasteiger partial charge in [-0.25, -0.2) is 4.39 Å². The summed E-state index contributed by atoms with van der Waals surface area (Å²) < 4.78 is 13.9. The smallest absolute Gasteiger partial charge is 0.244 e. The molecule has 2 saturated carbocycles. The predicted octanol–water partition coefficient (Wildman–Crippen LogP) is 1.95. The van der Waals surface area contributed by atoms with Crippen LogP contribution in [0.1, 0.15) is 37.4 Å². The SMILES string of the molecule is O=C1N(C2CC2)C(c2ccccc2F)NC12CC2. The van der Waals surface area contributed by atoms with Gasteiger partial charge in [-0.2, -0.15) is 0 Å². The molecule has 1 heterocycles. The summed E-state index contributed by atoms with van der Waals surface area (Å²) >= 11 is 0. The van der Waals surface area contributed by atoms with Gasteiger partial charge in [0.1, 0.15) is 17.5 Å². The molecule has 0 aromatic heterocycles. The maximum absolute atomic E-state index is 13.9. The third-order valence-corrected chi connectivity index (χ3v) is 4.23. The van der Waals surface area contributed by atoms with E-state index in [1.54, 1.807) is 12.1 Å². The van der Waals surface area contributed by atoms with E-state index in [0.29, 0.717) is 11.6 Å². The van der Waals surface area contributed by atoms with Crippen molar-refractivity contribution >= 4 is 5.91 Å². The minimum atomic E-state index is -0.366. The number of hydrogen-bond acceptors (Lipinski definition) is 2. The van der Waals surface area contributed by atoms with Gasteiger partial charge in [-0.15, -0.1) is 0 Å². The third-order valence-electron chi connectivity index (χ3n) is 4.23. The van der Waals surface area contributed by atoms with E-state index >= 15 is 0 Å². The van der Waals surface area contributed by atoms with Crippen LogP contribution in [0.25, 0.3) is 0 Å². The van der Waals surface area contributed by atoms with Crippen molar-refractivity contribution < 1.29 is 9.18 Å². The lowest BCUT2D eigenvalue weighted by Crippen LogP contribution is -2.33. The Morgan fingerprint density at radius 1 is 1.28 bits per heavy atom. The Morgan fingerprint density at radius 2 is 2.00 bits per heavy atom. The highest BCUT2D eigenvalue weighted by Crippen LogP contribution is 2.49. The van der Waals surface area contributed by atoms with Crippen molar-refractivity contribution in [2.75, 3.05) is 0 Å². The molecule has 3 aliphatic rings. The Kier molecular flexibility index (Phi) is 1.94. The van der Waals surface area contributed by atoms with E-state index < -0.39 is 0 Å². The first-order valence-corrected chi connectivity index (χ1v) is 6.56. The number of halogens is 1. The van der Waals surface area contributed by atoms with Crippen LogP contribution in [0, 0.1) is 5.82 Å². The van der Waals surface area contributed by atoms with Crippen LogP contribution >= 0.6 is 0 Å². The van der Waals surface area contributed by atoms with E-state index in [1.165, 1.54) is 6.07 Å². The summed E-state index contributed by atoms with van der Waals surface area (Å²) in [7, 11) is 0. The van der Waals surface area contributed by atoms with Crippen LogP contribution in [-0.4, -0.2) is 22.4 Å². The van der Waals surface area contributed by atoms with Crippen molar-refractivity contribution in [3.8, 4) is 0 Å². The second-order valence-electron chi connectivity index (χ2n) is 5.59. The molecule has 1 N–H and O–H groups in total. The van der Waals surface area contributed by atoms with Gasteiger partial charge in [-0.1, -0.05) is 18.2 Å². The summed E-state index contributed by atoms with van der Waals surface area (Å²) in [6.45, 7) is 0. The second kappa shape index (κ2) is 3.32. The van der Waals surface area contributed by atoms with Crippen LogP contribution in [0.5, 0.6) is 0 Å². The van der Waals surface area contributed by atoms with Gasteiger partial charge in [0.2, 0.25) is 5.91 Å². The predicted molar refractivity (Wildman–Crippen MR) is 64.1 cm³/mol. The number of rotatable bonds is 2. The number of nitrogens with zero attached hydrogens (tertiary/aromatic N) is 1. The molecule has 1 aromatic carbocycles. The van der Waals surface area contributed by atoms with Crippen LogP contribution in [0.4, 0.5) is 4.39 Å². The zero-order valence-corrected chi connectivity index (χ0v) is 10.0. The van der Waals surface area contributed by atoms with Crippen molar-refractivity contribution in [2.45, 2.75) is 43.4 Å². The molecule has 0 bridgehead atoms. The first-order chi connectivity index (χ1) is 8.71. The summed E-state index contributed by atoms with van der Waals surface area (Å²) in [5.41, 5.74) is 0.233. The van der Waals surface area contributed by atoms with Gasteiger partial charge in [0.05, 0.1) is 0 Å². The lowest BCUT2D eigenvalue weighted by Gasteiger charge is -2.24. The van der Waals surface area contributed by atoms with Gasteiger partial charge >= 0.3 is 0 Å². The Morgan fingerprint density at radius 3 is 2.61 bits per heavy atom. The number of carbonyl (C=O) groups excluding carboxylic acids is 1. The highest BCUT2D eigenvalue weighted by Gasteiger charge is 2.61. The van der Waals surface area contributed by atoms with Crippen LogP contribution in [0.2, 0.25) is 0 Å². The summed E-state index contributed by atoms with van der Waals surface area (Å²) in [6, 6.07) is 7.06. The minimum absolute atomic E-state index is 0.179. The van der Waals surface area contributed by atoms with Crippen molar-refractivity contribution in [3.05, 3.63) is 35.6 Å². The molecule has 1 aliphatic heterocycles. The van der Waals surface area contributed by atoms with E-state index in [1.807, 2.05) is 11.0 Å². The molecule has 1 saturated heterocycles. The average Bonchev–Trinajstić information content (AvgIpc) is 3.23. The fourth-order valence-electron chi connectivity index (χ4n) is 2.89. The van der Waals surface area contributed by atoms with Crippen molar-refractivity contribution in [1.82, 2.24) is 10.2 Å². The highest BCUT2D eigenvalue weighted by molar-refractivity contribution is 5.92. The number of amides is 1. The van der Waals surface area contributed by atoms with E-state index in [-0.39, 0.29) is 23.4 Å². The Bertz CT molecular complexity index is 522. The largest absolute Gasteiger partial charge is 0.318 e. The zero-order valence-electron chi connectivity index (χ0n) is 10.0. The lowest BCUT2D eigenvalue weighted by atomic mass is 10.1. The molecule has 3 nitrogen and oxygen atoms in total. The van der Waals surface area contributed by atoms with Gasteiger partial charge in [0, 0.05) is 11.6 Å². The normalized spacial score (nSPS) is 29.1. The minimum Gasteiger partial charge on any atom is -0.318 e. The van der Waals surface area contributed by atoms with E-state index in [2.05, 4.69) is 5.32 Å². The van der Waals surface area contributed by atoms with Gasteiger partial charge in [0.25, 0.3) is 0 Å². The van der Waals surface area contributed by atoms with Gasteiger partial charge in [-0.3, -0.25) is 10.1 Å². The van der Waals surface area contributed by atoms with E-state index in [4.69, 9.17) is 0 Å². The molecule has 1 spiro atoms. The Labute approximate surface area is 105 Å². The van der Waals surface area contributed by atoms with Gasteiger partial charge in [-0.05, 0) is 31.7 Å². The molecule has 3 fully saturated rings. The molecule has 4 rings (SSSR count). The summed E-state index contributed by atoms with van der Waals surface area (Å²) in [4.78, 5) is 14.3. The second-order valence-corrected chi connectivity index (χ2v) is 5.59. The van der Waals surface area contributed by atoms with Crippen molar-refractivity contribution in [1.29, 1.82) is 0 Å². The average molecular weight is 246 g/mol. The molecule has 0 radical (unpaired) electrons. The fourth-order valence-corrected chi connectivity index (χ4v) is 2.89. The van der Waals surface area contributed by atoms with Crippen LogP contribution in [-0.2, 0) is 4.79 Å². The maximum Gasteiger partial charge on any atom is 0.244 e. The van der Waals surface area contributed by atoms with Gasteiger partial charge in [0.15, 0.2) is 0 Å². The third kappa shape index (κ3) is 1.35. The number of hydrogen-bond donors (Lipinski definition) is 1. The molecule has 1 aromatic rings. The number of nitrogens with one attached hydrogen (secondary N) is 1. The van der Waals surface area contributed by atoms with E-state index in [0.717, 1.165) is 25.7 Å². The lowest BCUT2D eigenvalue weighted by molar-refractivity contribution is -0.131. The van der Waals surface area contributed by atoms with Crippen LogP contribution in [0.3, 0.4) is 0 Å². The zero-order chi connectivity index (χ0) is 12.3. The van der Waals surface area contributed by atoms with Crippen LogP contribution < -0.4 is 5.32 Å². The Balaban J connectivity index is 1.75. The molecule has 1 atom stereocenters. The molecule has 94 valence electrons. The quantitative estimate of drug-likeness (QED) is 0.865. The standard InChI is InChI=1S/C14H15FN2O/c15-11-4-2-1-3-10(11)12-16-14(7-8-14)13(18)17(12)9-5-6-9/h1-4,9,12,16H,5-8H2. The Hall–Kier alpha value is -1.42. The molecule has 1 amide bonds. The summed E-state index contributed by atoms with van der Waals surface area (Å²) in [5, 5.41) is 3.36. The summed E-state index contributed by atoms with van der Waals surface area (Å²) in [5.74, 6) is -0.0515. The molecule has 18 heavy (non-hydrogen) atoms. The highest BCUT2D eigenvalue weighted by atomic mass is 19.1. The number of carbonyl (C=O) groups is 1. The first kappa shape index (κ1) is 10.5. The fraction of sp³-hybridized carbons (Fsp3) is 0.500. The topological polar surface area (TPSA) is 32.3 Å². The number of benzene rings is 1. The first-order valence-electron chi connectivity index (χ1n) is 6.56. The molecule has 2 aliphatic carbocycles. The van der Waals surface area contributed by atoms with Crippen LogP contribution in [0.15, 0.2) is 24.3 Å². The van der Waals surface area contributed by atoms with Crippen molar-refractivity contribution in [2.24, 2.45) is 0 Å². The molecule has 1 unspecified atom stereocenters.